The van der Waals surface area contributed by atoms with Crippen LogP contribution in [0, 0.1) is 0 Å². The number of halogens is 5. The minimum atomic E-state index is -2.58. The summed E-state index contributed by atoms with van der Waals surface area (Å²) in [5.74, 6) is -1.23. The fourth-order valence-electron chi connectivity index (χ4n) is 1.51. The van der Waals surface area contributed by atoms with E-state index in [1.165, 1.54) is 25.1 Å². The Morgan fingerprint density at radius 2 is 1.55 bits per heavy atom. The quantitative estimate of drug-likeness (QED) is 0.371. The van der Waals surface area contributed by atoms with Crippen molar-refractivity contribution in [2.75, 3.05) is 5.33 Å². The van der Waals surface area contributed by atoms with Crippen molar-refractivity contribution < 1.29 is 37.1 Å². The lowest BCUT2D eigenvalue weighted by Crippen LogP contribution is -2.03. The summed E-state index contributed by atoms with van der Waals surface area (Å²) in [6.45, 7) is 2.44. The lowest BCUT2D eigenvalue weighted by atomic mass is 10.2. The van der Waals surface area contributed by atoms with Gasteiger partial charge in [-0.15, -0.1) is 0 Å². The third-order valence-corrected chi connectivity index (χ3v) is 3.37. The van der Waals surface area contributed by atoms with Gasteiger partial charge < -0.3 is 5.11 Å². The first-order chi connectivity index (χ1) is 13.5. The molecule has 1 N–H and O–H groups in total. The lowest BCUT2D eigenvalue weighted by Gasteiger charge is -1.99. The lowest BCUT2D eigenvalue weighted by molar-refractivity contribution is -0.134. The zero-order valence-electron chi connectivity index (χ0n) is 15.3. The molecule has 2 aromatic rings. The van der Waals surface area contributed by atoms with Crippen molar-refractivity contribution in [3.8, 4) is 0 Å². The van der Waals surface area contributed by atoms with Crippen LogP contribution in [0.4, 0.5) is 17.6 Å². The number of Topliss-reactive ketones (excluding diaryl/α,β-unsaturated/α-hetero) is 2. The molecule has 11 heteroatoms. The smallest absolute Gasteiger partial charge is 0.300 e. The number of pyridine rings is 2. The van der Waals surface area contributed by atoms with Gasteiger partial charge in [0.15, 0.2) is 11.6 Å². The van der Waals surface area contributed by atoms with Gasteiger partial charge in [0.25, 0.3) is 18.8 Å². The number of carbonyl (C=O) groups is 3. The van der Waals surface area contributed by atoms with E-state index in [9.17, 15) is 27.2 Å². The standard InChI is InChI=1S/C8H6BrF2NO.C8H7F2NO.C2H4O2/c9-3-7(13)6-2-1-5(4-12-6)8(10)11;1-5(12)6-2-3-7(8(9)10)11-4-6;1-2(3)4/h1-2,4,8H,3H2;2-4,8H,1H3;1H3,(H,3,4). The van der Waals surface area contributed by atoms with E-state index in [2.05, 4.69) is 25.9 Å². The number of alkyl halides is 5. The van der Waals surface area contributed by atoms with Crippen molar-refractivity contribution >= 4 is 33.5 Å². The van der Waals surface area contributed by atoms with E-state index in [4.69, 9.17) is 9.90 Å². The molecule has 0 aliphatic carbocycles. The molecule has 0 amide bonds. The van der Waals surface area contributed by atoms with Gasteiger partial charge in [-0.05, 0) is 31.2 Å². The summed E-state index contributed by atoms with van der Waals surface area (Å²) in [4.78, 5) is 37.7. The molecule has 0 aliphatic heterocycles. The molecule has 0 saturated heterocycles. The van der Waals surface area contributed by atoms with Crippen molar-refractivity contribution in [2.45, 2.75) is 26.7 Å². The molecule has 0 radical (unpaired) electrons. The third kappa shape index (κ3) is 11.0. The van der Waals surface area contributed by atoms with Gasteiger partial charge in [0.2, 0.25) is 0 Å². The van der Waals surface area contributed by atoms with Crippen LogP contribution in [0.1, 0.15) is 58.8 Å². The van der Waals surface area contributed by atoms with Gasteiger partial charge >= 0.3 is 0 Å². The SMILES string of the molecule is CC(=O)O.CC(=O)c1ccc(C(F)F)nc1.O=C(CBr)c1ccc(C(F)F)cn1. The number of aliphatic carboxylic acids is 1. The predicted molar refractivity (Wildman–Crippen MR) is 99.8 cm³/mol. The number of hydrogen-bond donors (Lipinski definition) is 1. The average molecular weight is 481 g/mol. The van der Waals surface area contributed by atoms with Gasteiger partial charge in [0.1, 0.15) is 11.4 Å². The second kappa shape index (κ2) is 13.5. The monoisotopic (exact) mass is 480 g/mol. The topological polar surface area (TPSA) is 97.2 Å². The van der Waals surface area contributed by atoms with Gasteiger partial charge in [0, 0.05) is 30.4 Å². The van der Waals surface area contributed by atoms with Crippen LogP contribution < -0.4 is 0 Å². The molecular weight excluding hydrogens is 464 g/mol. The average Bonchev–Trinajstić information content (AvgIpc) is 2.67. The minimum absolute atomic E-state index is 0.147. The van der Waals surface area contributed by atoms with Crippen LogP contribution in [0.2, 0.25) is 0 Å². The summed E-state index contributed by atoms with van der Waals surface area (Å²) in [5.41, 5.74) is 0.0618. The van der Waals surface area contributed by atoms with E-state index >= 15 is 0 Å². The molecule has 0 fully saturated rings. The third-order valence-electron chi connectivity index (χ3n) is 2.86. The molecule has 0 aliphatic rings. The van der Waals surface area contributed by atoms with Crippen molar-refractivity contribution in [3.63, 3.8) is 0 Å². The van der Waals surface area contributed by atoms with E-state index in [1.807, 2.05) is 0 Å². The summed E-state index contributed by atoms with van der Waals surface area (Å²) in [6, 6.07) is 5.00. The van der Waals surface area contributed by atoms with Crippen LogP contribution in [0.25, 0.3) is 0 Å². The Hall–Kier alpha value is -2.69. The molecule has 0 aromatic carbocycles. The minimum Gasteiger partial charge on any atom is -0.481 e. The molecule has 0 bridgehead atoms. The largest absolute Gasteiger partial charge is 0.481 e. The van der Waals surface area contributed by atoms with E-state index in [-0.39, 0.29) is 33.8 Å². The molecule has 0 saturated carbocycles. The Balaban J connectivity index is 0.000000459. The molecular formula is C18H17BrF4N2O4. The van der Waals surface area contributed by atoms with Crippen molar-refractivity contribution in [1.82, 2.24) is 9.97 Å². The van der Waals surface area contributed by atoms with Crippen molar-refractivity contribution in [1.29, 1.82) is 0 Å². The highest BCUT2D eigenvalue weighted by molar-refractivity contribution is 9.09. The second-order valence-corrected chi connectivity index (χ2v) is 5.74. The second-order valence-electron chi connectivity index (χ2n) is 5.18. The molecule has 0 atom stereocenters. The van der Waals surface area contributed by atoms with Gasteiger partial charge in [-0.1, -0.05) is 15.9 Å². The molecule has 158 valence electrons. The first kappa shape index (κ1) is 26.3. The number of carboxylic acids is 1. The summed E-state index contributed by atoms with van der Waals surface area (Å²) in [6.07, 6.45) is -2.95. The van der Waals surface area contributed by atoms with Crippen LogP contribution in [0.5, 0.6) is 0 Å². The maximum atomic E-state index is 12.0. The molecule has 2 rings (SSSR count). The maximum absolute atomic E-state index is 12.0. The number of ketones is 2. The molecule has 2 aromatic heterocycles. The Morgan fingerprint density at radius 3 is 1.86 bits per heavy atom. The Morgan fingerprint density at radius 1 is 0.966 bits per heavy atom. The molecule has 2 heterocycles. The first-order valence-corrected chi connectivity index (χ1v) is 8.89. The fraction of sp³-hybridized carbons (Fsp3) is 0.278. The van der Waals surface area contributed by atoms with E-state index in [0.29, 0.717) is 5.56 Å². The number of aromatic nitrogens is 2. The molecule has 0 spiro atoms. The van der Waals surface area contributed by atoms with E-state index in [1.54, 1.807) is 0 Å². The van der Waals surface area contributed by atoms with Gasteiger partial charge in [-0.3, -0.25) is 24.4 Å². The number of carbonyl (C=O) groups excluding carboxylic acids is 2. The predicted octanol–water partition coefficient (Wildman–Crippen LogP) is 4.91. The molecule has 6 nitrogen and oxygen atoms in total. The van der Waals surface area contributed by atoms with Crippen LogP contribution >= 0.6 is 15.9 Å². The number of hydrogen-bond acceptors (Lipinski definition) is 5. The zero-order chi connectivity index (χ0) is 22.6. The van der Waals surface area contributed by atoms with Gasteiger partial charge in [-0.25, -0.2) is 17.6 Å². The first-order valence-electron chi connectivity index (χ1n) is 7.77. The number of nitrogens with zero attached hydrogens (tertiary/aromatic N) is 2. The summed E-state index contributed by atoms with van der Waals surface area (Å²) < 4.78 is 48.0. The molecule has 0 unspecified atom stereocenters. The normalized spacial score (nSPS) is 9.83. The fourth-order valence-corrected chi connectivity index (χ4v) is 1.80. The molecule has 29 heavy (non-hydrogen) atoms. The Bertz CT molecular complexity index is 797. The van der Waals surface area contributed by atoms with E-state index in [0.717, 1.165) is 25.4 Å². The summed E-state index contributed by atoms with van der Waals surface area (Å²) in [7, 11) is 0. The number of carboxylic acid groups (broad SMARTS) is 1. The van der Waals surface area contributed by atoms with Crippen LogP contribution in [-0.4, -0.2) is 37.9 Å². The number of rotatable bonds is 5. The zero-order valence-corrected chi connectivity index (χ0v) is 16.9. The van der Waals surface area contributed by atoms with Gasteiger partial charge in [0.05, 0.1) is 5.33 Å². The van der Waals surface area contributed by atoms with E-state index < -0.39 is 18.8 Å². The van der Waals surface area contributed by atoms with Crippen molar-refractivity contribution in [3.05, 3.63) is 59.2 Å². The highest BCUT2D eigenvalue weighted by Gasteiger charge is 2.10. The van der Waals surface area contributed by atoms with Crippen LogP contribution in [-0.2, 0) is 4.79 Å². The summed E-state index contributed by atoms with van der Waals surface area (Å²) in [5, 5.41) is 7.56. The van der Waals surface area contributed by atoms with Gasteiger partial charge in [-0.2, -0.15) is 0 Å². The maximum Gasteiger partial charge on any atom is 0.300 e. The Labute approximate surface area is 172 Å². The Kier molecular flexibility index (Phi) is 12.2. The van der Waals surface area contributed by atoms with Crippen LogP contribution in [0.15, 0.2) is 36.7 Å². The van der Waals surface area contributed by atoms with Crippen LogP contribution in [0.3, 0.4) is 0 Å². The highest BCUT2D eigenvalue weighted by Crippen LogP contribution is 2.17. The summed E-state index contributed by atoms with van der Waals surface area (Å²) >= 11 is 2.96. The highest BCUT2D eigenvalue weighted by atomic mass is 79.9. The van der Waals surface area contributed by atoms with Crippen molar-refractivity contribution in [2.24, 2.45) is 0 Å².